The van der Waals surface area contributed by atoms with Crippen LogP contribution in [0, 0.1) is 0 Å². The number of rotatable bonds is 6. The number of anilines is 3. The molecule has 2 aromatic carbocycles. The summed E-state index contributed by atoms with van der Waals surface area (Å²) in [6.45, 7) is 0. The Morgan fingerprint density at radius 3 is 2.42 bits per heavy atom. The molecule has 8 heteroatoms. The first kappa shape index (κ1) is 18.0. The third-order valence-corrected chi connectivity index (χ3v) is 5.11. The third-order valence-electron chi connectivity index (χ3n) is 3.48. The standard InChI is InChI=1S/C18H16ClN3O3S/c1-25-16-4-2-3-14(11-16)21-15-7-10-18(20-12-15)22-26(23,24)17-8-5-13(19)6-9-17/h2-12,21H,1H3,(H,20,22). The van der Waals surface area contributed by atoms with E-state index in [1.165, 1.54) is 24.3 Å². The van der Waals surface area contributed by atoms with Gasteiger partial charge in [0.1, 0.15) is 11.6 Å². The number of methoxy groups -OCH3 is 1. The molecule has 6 nitrogen and oxygen atoms in total. The van der Waals surface area contributed by atoms with E-state index in [0.717, 1.165) is 11.4 Å². The minimum atomic E-state index is -3.72. The summed E-state index contributed by atoms with van der Waals surface area (Å²) in [5.41, 5.74) is 1.55. The molecule has 3 aromatic rings. The van der Waals surface area contributed by atoms with Gasteiger partial charge in [-0.05, 0) is 48.5 Å². The lowest BCUT2D eigenvalue weighted by Crippen LogP contribution is -2.13. The molecule has 0 amide bonds. The molecule has 0 saturated carbocycles. The zero-order valence-corrected chi connectivity index (χ0v) is 15.4. The van der Waals surface area contributed by atoms with E-state index in [-0.39, 0.29) is 10.7 Å². The second-order valence-corrected chi connectivity index (χ2v) is 7.47. The van der Waals surface area contributed by atoms with E-state index in [1.807, 2.05) is 24.3 Å². The Balaban J connectivity index is 1.72. The maximum atomic E-state index is 12.3. The molecular formula is C18H16ClN3O3S. The second-order valence-electron chi connectivity index (χ2n) is 5.35. The van der Waals surface area contributed by atoms with Crippen LogP contribution in [0.25, 0.3) is 0 Å². The lowest BCUT2D eigenvalue weighted by molar-refractivity contribution is 0.415. The molecule has 1 aromatic heterocycles. The largest absolute Gasteiger partial charge is 0.497 e. The summed E-state index contributed by atoms with van der Waals surface area (Å²) in [5, 5.41) is 3.64. The van der Waals surface area contributed by atoms with E-state index >= 15 is 0 Å². The molecule has 3 rings (SSSR count). The average Bonchev–Trinajstić information content (AvgIpc) is 2.64. The van der Waals surface area contributed by atoms with Crippen molar-refractivity contribution in [2.24, 2.45) is 0 Å². The SMILES string of the molecule is COc1cccc(Nc2ccc(NS(=O)(=O)c3ccc(Cl)cc3)nc2)c1. The average molecular weight is 390 g/mol. The molecule has 0 aliphatic rings. The van der Waals surface area contributed by atoms with E-state index in [0.29, 0.717) is 10.7 Å². The van der Waals surface area contributed by atoms with Gasteiger partial charge in [0.25, 0.3) is 10.0 Å². The van der Waals surface area contributed by atoms with Crippen molar-refractivity contribution in [1.29, 1.82) is 0 Å². The minimum absolute atomic E-state index is 0.113. The van der Waals surface area contributed by atoms with Crippen LogP contribution >= 0.6 is 11.6 Å². The maximum Gasteiger partial charge on any atom is 0.263 e. The lowest BCUT2D eigenvalue weighted by atomic mass is 10.3. The highest BCUT2D eigenvalue weighted by atomic mass is 35.5. The monoisotopic (exact) mass is 389 g/mol. The molecule has 0 spiro atoms. The van der Waals surface area contributed by atoms with Gasteiger partial charge in [-0.3, -0.25) is 4.72 Å². The highest BCUT2D eigenvalue weighted by Crippen LogP contribution is 2.22. The van der Waals surface area contributed by atoms with Gasteiger partial charge >= 0.3 is 0 Å². The van der Waals surface area contributed by atoms with Crippen LogP contribution in [0.15, 0.2) is 71.8 Å². The van der Waals surface area contributed by atoms with Crippen molar-refractivity contribution in [1.82, 2.24) is 4.98 Å². The minimum Gasteiger partial charge on any atom is -0.497 e. The molecule has 0 bridgehead atoms. The summed E-state index contributed by atoms with van der Waals surface area (Å²) in [5.74, 6) is 0.950. The van der Waals surface area contributed by atoms with E-state index in [2.05, 4.69) is 15.0 Å². The fraction of sp³-hybridized carbons (Fsp3) is 0.0556. The summed E-state index contributed by atoms with van der Waals surface area (Å²) in [6.07, 6.45) is 1.54. The number of ether oxygens (including phenoxy) is 1. The van der Waals surface area contributed by atoms with Gasteiger partial charge < -0.3 is 10.1 Å². The Hall–Kier alpha value is -2.77. The molecule has 0 atom stereocenters. The zero-order valence-electron chi connectivity index (χ0n) is 13.8. The van der Waals surface area contributed by atoms with Crippen molar-refractivity contribution in [2.45, 2.75) is 4.90 Å². The van der Waals surface area contributed by atoms with Crippen molar-refractivity contribution >= 4 is 38.8 Å². The van der Waals surface area contributed by atoms with E-state index in [9.17, 15) is 8.42 Å². The molecule has 0 radical (unpaired) electrons. The quantitative estimate of drug-likeness (QED) is 0.657. The van der Waals surface area contributed by atoms with Gasteiger partial charge in [-0.1, -0.05) is 17.7 Å². The number of pyridine rings is 1. The predicted molar refractivity (Wildman–Crippen MR) is 103 cm³/mol. The van der Waals surface area contributed by atoms with Crippen molar-refractivity contribution in [3.05, 3.63) is 71.9 Å². The predicted octanol–water partition coefficient (Wildman–Crippen LogP) is 4.29. The van der Waals surface area contributed by atoms with Gasteiger partial charge in [0.2, 0.25) is 0 Å². The number of benzene rings is 2. The number of sulfonamides is 1. The summed E-state index contributed by atoms with van der Waals surface area (Å²) < 4.78 is 32.3. The normalized spacial score (nSPS) is 11.0. The number of halogens is 1. The van der Waals surface area contributed by atoms with Crippen molar-refractivity contribution in [3.63, 3.8) is 0 Å². The summed E-state index contributed by atoms with van der Waals surface area (Å²) in [7, 11) is -2.12. The first-order chi connectivity index (χ1) is 12.5. The smallest absolute Gasteiger partial charge is 0.263 e. The van der Waals surface area contributed by atoms with Crippen LogP contribution in [0.3, 0.4) is 0 Å². The Labute approximate surface area is 156 Å². The number of aromatic nitrogens is 1. The molecule has 0 aliphatic carbocycles. The first-order valence-corrected chi connectivity index (χ1v) is 9.48. The molecule has 1 heterocycles. The fourth-order valence-corrected chi connectivity index (χ4v) is 3.34. The Morgan fingerprint density at radius 2 is 1.77 bits per heavy atom. The third kappa shape index (κ3) is 4.44. The molecule has 0 saturated heterocycles. The molecule has 0 aliphatic heterocycles. The molecule has 0 fully saturated rings. The Bertz CT molecular complexity index is 991. The number of hydrogen-bond donors (Lipinski definition) is 2. The van der Waals surface area contributed by atoms with Crippen LogP contribution in [0.1, 0.15) is 0 Å². The summed E-state index contributed by atoms with van der Waals surface area (Å²) >= 11 is 5.78. The van der Waals surface area contributed by atoms with Gasteiger partial charge in [0, 0.05) is 16.8 Å². The number of nitrogens with one attached hydrogen (secondary N) is 2. The highest BCUT2D eigenvalue weighted by Gasteiger charge is 2.14. The Kier molecular flexibility index (Phi) is 5.29. The van der Waals surface area contributed by atoms with Gasteiger partial charge in [0.15, 0.2) is 0 Å². The molecular weight excluding hydrogens is 374 g/mol. The van der Waals surface area contributed by atoms with Crippen LogP contribution in [0.5, 0.6) is 5.75 Å². The Morgan fingerprint density at radius 1 is 1.00 bits per heavy atom. The van der Waals surface area contributed by atoms with Crippen LogP contribution in [-0.4, -0.2) is 20.5 Å². The summed E-state index contributed by atoms with van der Waals surface area (Å²) in [6, 6.07) is 16.7. The van der Waals surface area contributed by atoms with Gasteiger partial charge in [-0.25, -0.2) is 13.4 Å². The van der Waals surface area contributed by atoms with Crippen LogP contribution < -0.4 is 14.8 Å². The van der Waals surface area contributed by atoms with Gasteiger partial charge in [-0.15, -0.1) is 0 Å². The van der Waals surface area contributed by atoms with Crippen LogP contribution in [0.2, 0.25) is 5.02 Å². The zero-order chi connectivity index (χ0) is 18.6. The fourth-order valence-electron chi connectivity index (χ4n) is 2.21. The van der Waals surface area contributed by atoms with Crippen molar-refractivity contribution in [2.75, 3.05) is 17.1 Å². The van der Waals surface area contributed by atoms with Gasteiger partial charge in [-0.2, -0.15) is 0 Å². The van der Waals surface area contributed by atoms with Crippen molar-refractivity contribution in [3.8, 4) is 5.75 Å². The van der Waals surface area contributed by atoms with Gasteiger partial charge in [0.05, 0.1) is 23.9 Å². The molecule has 0 unspecified atom stereocenters. The topological polar surface area (TPSA) is 80.3 Å². The second kappa shape index (κ2) is 7.63. The summed E-state index contributed by atoms with van der Waals surface area (Å²) in [4.78, 5) is 4.25. The molecule has 134 valence electrons. The van der Waals surface area contributed by atoms with E-state index in [4.69, 9.17) is 16.3 Å². The van der Waals surface area contributed by atoms with Crippen LogP contribution in [-0.2, 0) is 10.0 Å². The molecule has 26 heavy (non-hydrogen) atoms. The first-order valence-electron chi connectivity index (χ1n) is 7.62. The number of hydrogen-bond acceptors (Lipinski definition) is 5. The maximum absolute atomic E-state index is 12.3. The highest BCUT2D eigenvalue weighted by molar-refractivity contribution is 7.92. The lowest BCUT2D eigenvalue weighted by Gasteiger charge is -2.10. The van der Waals surface area contributed by atoms with Crippen LogP contribution in [0.4, 0.5) is 17.2 Å². The molecule has 2 N–H and O–H groups in total. The number of nitrogens with zero attached hydrogens (tertiary/aromatic N) is 1. The van der Waals surface area contributed by atoms with Crippen molar-refractivity contribution < 1.29 is 13.2 Å². The van der Waals surface area contributed by atoms with E-state index in [1.54, 1.807) is 25.4 Å². The van der Waals surface area contributed by atoms with E-state index < -0.39 is 10.0 Å².